The average Bonchev–Trinajstić information content (AvgIpc) is 3.20. The molecule has 0 spiro atoms. The van der Waals surface area contributed by atoms with Gasteiger partial charge in [0.2, 0.25) is 0 Å². The second kappa shape index (κ2) is 8.39. The van der Waals surface area contributed by atoms with E-state index in [4.69, 9.17) is 0 Å². The first-order valence-electron chi connectivity index (χ1n) is 9.12. The molecule has 3 rings (SSSR count). The number of benzene rings is 2. The molecule has 1 amide bonds. The molecule has 2 aromatic carbocycles. The first kappa shape index (κ1) is 19.2. The smallest absolute Gasteiger partial charge is 0.264 e. The molecule has 0 atom stereocenters. The second-order valence-corrected chi connectivity index (χ2v) is 8.50. The van der Waals surface area contributed by atoms with Gasteiger partial charge in [0.05, 0.1) is 17.1 Å². The number of amides is 1. The van der Waals surface area contributed by atoms with Crippen LogP contribution in [0.4, 0.5) is 5.69 Å². The first-order chi connectivity index (χ1) is 13.0. The van der Waals surface area contributed by atoms with Crippen molar-refractivity contribution in [2.45, 2.75) is 36.6 Å². The van der Waals surface area contributed by atoms with Crippen LogP contribution in [0.1, 0.15) is 36.0 Å². The lowest BCUT2D eigenvalue weighted by molar-refractivity contribution is 0.0938. The summed E-state index contributed by atoms with van der Waals surface area (Å²) in [5.74, 6) is -0.116. The maximum Gasteiger partial charge on any atom is 0.264 e. The summed E-state index contributed by atoms with van der Waals surface area (Å²) in [7, 11) is -3.71. The van der Waals surface area contributed by atoms with Gasteiger partial charge in [0.25, 0.3) is 15.9 Å². The maximum atomic E-state index is 13.0. The predicted molar refractivity (Wildman–Crippen MR) is 107 cm³/mol. The molecular weight excluding hydrogens is 360 g/mol. The first-order valence-corrected chi connectivity index (χ1v) is 10.6. The summed E-state index contributed by atoms with van der Waals surface area (Å²) in [6, 6.07) is 15.2. The van der Waals surface area contributed by atoms with E-state index in [9.17, 15) is 13.2 Å². The van der Waals surface area contributed by atoms with E-state index in [0.717, 1.165) is 25.7 Å². The van der Waals surface area contributed by atoms with Gasteiger partial charge in [-0.1, -0.05) is 37.1 Å². The quantitative estimate of drug-likeness (QED) is 0.740. The Hall–Kier alpha value is -2.60. The summed E-state index contributed by atoms with van der Waals surface area (Å²) in [5, 5.41) is 3.04. The number of nitrogens with zero attached hydrogens (tertiary/aromatic N) is 1. The Kier molecular flexibility index (Phi) is 5.96. The van der Waals surface area contributed by atoms with Crippen molar-refractivity contribution in [3.05, 3.63) is 72.8 Å². The molecule has 0 unspecified atom stereocenters. The summed E-state index contributed by atoms with van der Waals surface area (Å²) < 4.78 is 27.2. The fourth-order valence-electron chi connectivity index (χ4n) is 3.30. The van der Waals surface area contributed by atoms with E-state index < -0.39 is 10.0 Å². The molecule has 0 heterocycles. The Morgan fingerprint density at radius 3 is 2.30 bits per heavy atom. The number of anilines is 1. The van der Waals surface area contributed by atoms with E-state index in [0.29, 0.717) is 11.3 Å². The number of rotatable bonds is 7. The standard InChI is InChI=1S/C21H24N2O3S/c1-2-16-23(27(25,26)20-10-4-3-5-11-20)19-14-12-17(13-15-19)21(24)22-18-8-6-7-9-18/h2-5,10-15,18H,1,6-9,16H2,(H,22,24). The third kappa shape index (κ3) is 4.39. The molecule has 1 saturated carbocycles. The van der Waals surface area contributed by atoms with Crippen molar-refractivity contribution in [1.82, 2.24) is 5.32 Å². The molecule has 0 aliphatic heterocycles. The van der Waals surface area contributed by atoms with Gasteiger partial charge in [-0.25, -0.2) is 8.42 Å². The van der Waals surface area contributed by atoms with Crippen molar-refractivity contribution in [3.8, 4) is 0 Å². The summed E-state index contributed by atoms with van der Waals surface area (Å²) in [6.45, 7) is 3.81. The van der Waals surface area contributed by atoms with Gasteiger partial charge in [0.1, 0.15) is 0 Å². The Morgan fingerprint density at radius 2 is 1.70 bits per heavy atom. The van der Waals surface area contributed by atoms with Crippen molar-refractivity contribution in [2.75, 3.05) is 10.8 Å². The predicted octanol–water partition coefficient (Wildman–Crippen LogP) is 3.74. The van der Waals surface area contributed by atoms with E-state index in [1.807, 2.05) is 0 Å². The molecule has 142 valence electrons. The van der Waals surface area contributed by atoms with Gasteiger partial charge in [-0.2, -0.15) is 0 Å². The lowest BCUT2D eigenvalue weighted by atomic mass is 10.1. The minimum atomic E-state index is -3.71. The van der Waals surface area contributed by atoms with Gasteiger partial charge in [-0.15, -0.1) is 6.58 Å². The summed E-state index contributed by atoms with van der Waals surface area (Å²) in [5.41, 5.74) is 1.03. The van der Waals surface area contributed by atoms with Crippen molar-refractivity contribution >= 4 is 21.6 Å². The van der Waals surface area contributed by atoms with Gasteiger partial charge in [0, 0.05) is 11.6 Å². The lowest BCUT2D eigenvalue weighted by Gasteiger charge is -2.23. The third-order valence-electron chi connectivity index (χ3n) is 4.73. The normalized spacial score (nSPS) is 14.7. The van der Waals surface area contributed by atoms with Crippen LogP contribution in [0.5, 0.6) is 0 Å². The monoisotopic (exact) mass is 384 g/mol. The zero-order chi connectivity index (χ0) is 19.3. The highest BCUT2D eigenvalue weighted by molar-refractivity contribution is 7.92. The molecule has 27 heavy (non-hydrogen) atoms. The summed E-state index contributed by atoms with van der Waals surface area (Å²) in [6.07, 6.45) is 5.88. The Balaban J connectivity index is 1.82. The van der Waals surface area contributed by atoms with Crippen LogP contribution in [0.3, 0.4) is 0 Å². The van der Waals surface area contributed by atoms with E-state index in [1.54, 1.807) is 60.7 Å². The zero-order valence-electron chi connectivity index (χ0n) is 15.2. The molecule has 1 N–H and O–H groups in total. The molecule has 1 aliphatic rings. The number of hydrogen-bond donors (Lipinski definition) is 1. The maximum absolute atomic E-state index is 13.0. The highest BCUT2D eigenvalue weighted by atomic mass is 32.2. The largest absolute Gasteiger partial charge is 0.349 e. The molecular formula is C21H24N2O3S. The van der Waals surface area contributed by atoms with Crippen LogP contribution < -0.4 is 9.62 Å². The van der Waals surface area contributed by atoms with Crippen LogP contribution in [0.15, 0.2) is 72.1 Å². The second-order valence-electron chi connectivity index (χ2n) is 6.64. The summed E-state index contributed by atoms with van der Waals surface area (Å²) in [4.78, 5) is 12.6. The highest BCUT2D eigenvalue weighted by Crippen LogP contribution is 2.24. The molecule has 6 heteroatoms. The molecule has 0 bridgehead atoms. The van der Waals surface area contributed by atoms with Gasteiger partial charge < -0.3 is 5.32 Å². The fourth-order valence-corrected chi connectivity index (χ4v) is 4.75. The van der Waals surface area contributed by atoms with Gasteiger partial charge >= 0.3 is 0 Å². The number of nitrogens with one attached hydrogen (secondary N) is 1. The SMILES string of the molecule is C=CCN(c1ccc(C(=O)NC2CCCC2)cc1)S(=O)(=O)c1ccccc1. The number of carbonyl (C=O) groups excluding carboxylic acids is 1. The Labute approximate surface area is 160 Å². The van der Waals surface area contributed by atoms with Crippen molar-refractivity contribution in [2.24, 2.45) is 0 Å². The molecule has 1 fully saturated rings. The summed E-state index contributed by atoms with van der Waals surface area (Å²) >= 11 is 0. The molecule has 0 radical (unpaired) electrons. The number of sulfonamides is 1. The van der Waals surface area contributed by atoms with E-state index in [1.165, 1.54) is 4.31 Å². The van der Waals surface area contributed by atoms with E-state index in [2.05, 4.69) is 11.9 Å². The fraction of sp³-hybridized carbons (Fsp3) is 0.286. The number of carbonyl (C=O) groups is 1. The Bertz CT molecular complexity index is 887. The van der Waals surface area contributed by atoms with Crippen molar-refractivity contribution < 1.29 is 13.2 Å². The average molecular weight is 385 g/mol. The minimum Gasteiger partial charge on any atom is -0.349 e. The van der Waals surface area contributed by atoms with Crippen LogP contribution in [0, 0.1) is 0 Å². The topological polar surface area (TPSA) is 66.5 Å². The molecule has 0 aromatic heterocycles. The molecule has 0 saturated heterocycles. The molecule has 5 nitrogen and oxygen atoms in total. The van der Waals surface area contributed by atoms with Gasteiger partial charge in [-0.05, 0) is 49.2 Å². The van der Waals surface area contributed by atoms with E-state index >= 15 is 0 Å². The minimum absolute atomic E-state index is 0.116. The van der Waals surface area contributed by atoms with Crippen LogP contribution in [-0.4, -0.2) is 26.9 Å². The van der Waals surface area contributed by atoms with Crippen LogP contribution >= 0.6 is 0 Å². The highest BCUT2D eigenvalue weighted by Gasteiger charge is 2.24. The molecule has 1 aliphatic carbocycles. The van der Waals surface area contributed by atoms with Crippen LogP contribution in [0.2, 0.25) is 0 Å². The van der Waals surface area contributed by atoms with Gasteiger partial charge in [0.15, 0.2) is 0 Å². The van der Waals surface area contributed by atoms with Gasteiger partial charge in [-0.3, -0.25) is 9.10 Å². The van der Waals surface area contributed by atoms with Crippen LogP contribution in [0.25, 0.3) is 0 Å². The third-order valence-corrected chi connectivity index (χ3v) is 6.54. The Morgan fingerprint density at radius 1 is 1.07 bits per heavy atom. The zero-order valence-corrected chi connectivity index (χ0v) is 16.0. The lowest BCUT2D eigenvalue weighted by Crippen LogP contribution is -2.33. The number of hydrogen-bond acceptors (Lipinski definition) is 3. The van der Waals surface area contributed by atoms with Crippen molar-refractivity contribution in [1.29, 1.82) is 0 Å². The van der Waals surface area contributed by atoms with Crippen molar-refractivity contribution in [3.63, 3.8) is 0 Å². The van der Waals surface area contributed by atoms with Crippen LogP contribution in [-0.2, 0) is 10.0 Å². The van der Waals surface area contributed by atoms with E-state index in [-0.39, 0.29) is 23.4 Å². The molecule has 2 aromatic rings.